The fraction of sp³-hybridized carbons (Fsp3) is 0.304. The third-order valence-corrected chi connectivity index (χ3v) is 5.21. The van der Waals surface area contributed by atoms with Crippen molar-refractivity contribution in [3.63, 3.8) is 0 Å². The fourth-order valence-electron chi connectivity index (χ4n) is 3.39. The normalized spacial score (nSPS) is 12.4. The molecule has 1 amide bonds. The first kappa shape index (κ1) is 24.1. The quantitative estimate of drug-likeness (QED) is 0.356. The van der Waals surface area contributed by atoms with Gasteiger partial charge < -0.3 is 20.8 Å². The lowest BCUT2D eigenvalue weighted by atomic mass is 10.1. The highest BCUT2D eigenvalue weighted by Gasteiger charge is 2.34. The maximum absolute atomic E-state index is 13.8. The molecule has 0 unspecified atom stereocenters. The number of nitrogens with two attached hydrogens (primary N) is 1. The smallest absolute Gasteiger partial charge is 0.417 e. The minimum atomic E-state index is -4.66. The maximum Gasteiger partial charge on any atom is 0.417 e. The van der Waals surface area contributed by atoms with Gasteiger partial charge in [0.25, 0.3) is 5.91 Å². The van der Waals surface area contributed by atoms with Crippen molar-refractivity contribution in [3.05, 3.63) is 59.3 Å². The number of nitrogens with zero attached hydrogens (tertiary/aromatic N) is 2. The lowest BCUT2D eigenvalue weighted by Crippen LogP contribution is -2.28. The molecule has 0 aliphatic rings. The highest BCUT2D eigenvalue weighted by Crippen LogP contribution is 2.39. The van der Waals surface area contributed by atoms with E-state index in [0.717, 1.165) is 30.8 Å². The van der Waals surface area contributed by atoms with Gasteiger partial charge in [0.15, 0.2) is 5.96 Å². The fourth-order valence-corrected chi connectivity index (χ4v) is 3.39. The van der Waals surface area contributed by atoms with Gasteiger partial charge in [0.05, 0.1) is 11.1 Å². The van der Waals surface area contributed by atoms with Crippen LogP contribution in [0, 0.1) is 0 Å². The molecule has 4 N–H and O–H groups in total. The van der Waals surface area contributed by atoms with Gasteiger partial charge in [0, 0.05) is 30.6 Å². The zero-order chi connectivity index (χ0) is 24.2. The number of amides is 1. The third kappa shape index (κ3) is 5.64. The van der Waals surface area contributed by atoms with Crippen LogP contribution in [0.1, 0.15) is 35.5 Å². The highest BCUT2D eigenvalue weighted by molar-refractivity contribution is 6.04. The van der Waals surface area contributed by atoms with Gasteiger partial charge in [0.1, 0.15) is 17.2 Å². The Hall–Kier alpha value is -3.53. The van der Waals surface area contributed by atoms with Crippen molar-refractivity contribution in [2.24, 2.45) is 10.7 Å². The van der Waals surface area contributed by atoms with Crippen LogP contribution in [0.5, 0.6) is 11.5 Å². The maximum atomic E-state index is 13.8. The highest BCUT2D eigenvalue weighted by atomic mass is 19.4. The number of para-hydroxylation sites is 1. The molecular formula is C23H26F3N5O2. The largest absolute Gasteiger partial charge is 0.457 e. The summed E-state index contributed by atoms with van der Waals surface area (Å²) in [6.45, 7) is 6.33. The molecule has 0 aliphatic carbocycles. The molecular weight excluding hydrogens is 435 g/mol. The second kappa shape index (κ2) is 9.95. The van der Waals surface area contributed by atoms with Crippen LogP contribution in [0.25, 0.3) is 10.9 Å². The summed E-state index contributed by atoms with van der Waals surface area (Å²) in [4.78, 5) is 20.7. The van der Waals surface area contributed by atoms with Crippen molar-refractivity contribution in [2.75, 3.05) is 20.1 Å². The molecule has 7 nitrogen and oxygen atoms in total. The van der Waals surface area contributed by atoms with Crippen LogP contribution in [0.4, 0.5) is 13.2 Å². The zero-order valence-corrected chi connectivity index (χ0v) is 18.6. The van der Waals surface area contributed by atoms with E-state index in [-0.39, 0.29) is 28.3 Å². The van der Waals surface area contributed by atoms with Gasteiger partial charge in [-0.3, -0.25) is 9.69 Å². The first-order chi connectivity index (χ1) is 15.7. The topological polar surface area (TPSA) is 95.7 Å². The molecule has 0 saturated carbocycles. The number of carbonyl (C=O) groups is 1. The molecule has 0 spiro atoms. The summed E-state index contributed by atoms with van der Waals surface area (Å²) in [6, 6.07) is 10.7. The van der Waals surface area contributed by atoms with Gasteiger partial charge in [-0.15, -0.1) is 0 Å². The molecule has 3 rings (SSSR count). The number of fused-ring (bicyclic) bond motifs is 1. The van der Waals surface area contributed by atoms with Gasteiger partial charge >= 0.3 is 6.18 Å². The number of hydrogen-bond donors (Lipinski definition) is 3. The number of guanidine groups is 1. The molecule has 0 aliphatic heterocycles. The minimum absolute atomic E-state index is 0.000843. The summed E-state index contributed by atoms with van der Waals surface area (Å²) >= 11 is 0. The van der Waals surface area contributed by atoms with Crippen molar-refractivity contribution < 1.29 is 22.7 Å². The van der Waals surface area contributed by atoms with E-state index in [2.05, 4.69) is 20.2 Å². The molecule has 1 aromatic heterocycles. The van der Waals surface area contributed by atoms with Gasteiger partial charge in [-0.1, -0.05) is 32.0 Å². The number of benzene rings is 2. The monoisotopic (exact) mass is 461 g/mol. The molecule has 10 heteroatoms. The number of aromatic nitrogens is 1. The number of nitrogens with one attached hydrogen (secondary N) is 2. The molecule has 2 aromatic carbocycles. The lowest BCUT2D eigenvalue weighted by molar-refractivity contribution is -0.136. The molecule has 0 saturated heterocycles. The van der Waals surface area contributed by atoms with E-state index in [1.807, 2.05) is 26.0 Å². The number of rotatable bonds is 7. The third-order valence-electron chi connectivity index (χ3n) is 5.21. The first-order valence-corrected chi connectivity index (χ1v) is 10.4. The van der Waals surface area contributed by atoms with Crippen LogP contribution in [-0.4, -0.2) is 41.9 Å². The predicted octanol–water partition coefficient (Wildman–Crippen LogP) is 4.50. The van der Waals surface area contributed by atoms with E-state index in [1.165, 1.54) is 13.1 Å². The Kier molecular flexibility index (Phi) is 7.27. The molecule has 33 heavy (non-hydrogen) atoms. The molecule has 0 fully saturated rings. The number of ether oxygens (including phenoxy) is 1. The summed E-state index contributed by atoms with van der Waals surface area (Å²) in [5.74, 6) is -0.478. The average Bonchev–Trinajstić information content (AvgIpc) is 3.21. The van der Waals surface area contributed by atoms with E-state index in [4.69, 9.17) is 10.5 Å². The van der Waals surface area contributed by atoms with Crippen molar-refractivity contribution in [1.29, 1.82) is 0 Å². The van der Waals surface area contributed by atoms with E-state index >= 15 is 0 Å². The SMILES string of the molecule is CCN(CC)Cc1ccccc1Oc1cc(C(F)(F)F)c2cc(C(=O)N=C(N)NC)[nH]c2c1. The van der Waals surface area contributed by atoms with Crippen LogP contribution < -0.4 is 15.8 Å². The standard InChI is InChI=1S/C23H26F3N5O2/c1-4-31(5-2)13-14-8-6-7-9-20(14)33-15-10-17(23(24,25)26)16-12-19(29-18(16)11-15)21(32)30-22(27)28-3/h6-12,29H,4-5,13H2,1-3H3,(H3,27,28,30,32). The van der Waals surface area contributed by atoms with Crippen LogP contribution in [-0.2, 0) is 12.7 Å². The van der Waals surface area contributed by atoms with Crippen molar-refractivity contribution in [2.45, 2.75) is 26.6 Å². The van der Waals surface area contributed by atoms with Crippen molar-refractivity contribution in [3.8, 4) is 11.5 Å². The molecule has 3 aromatic rings. The molecule has 1 heterocycles. The van der Waals surface area contributed by atoms with Crippen molar-refractivity contribution in [1.82, 2.24) is 15.2 Å². The number of carbonyl (C=O) groups excluding carboxylic acids is 1. The van der Waals surface area contributed by atoms with Gasteiger partial charge in [-0.25, -0.2) is 0 Å². The van der Waals surface area contributed by atoms with E-state index in [9.17, 15) is 18.0 Å². The first-order valence-electron chi connectivity index (χ1n) is 10.4. The molecule has 0 atom stereocenters. The molecule has 176 valence electrons. The van der Waals surface area contributed by atoms with Crippen LogP contribution in [0.15, 0.2) is 47.5 Å². The average molecular weight is 461 g/mol. The van der Waals surface area contributed by atoms with Crippen molar-refractivity contribution >= 4 is 22.8 Å². The summed E-state index contributed by atoms with van der Waals surface area (Å²) in [5.41, 5.74) is 5.40. The Bertz CT molecular complexity index is 1170. The Labute approximate surface area is 189 Å². The van der Waals surface area contributed by atoms with Crippen LogP contribution in [0.3, 0.4) is 0 Å². The van der Waals surface area contributed by atoms with Gasteiger partial charge in [-0.05, 0) is 31.3 Å². The number of aromatic amines is 1. The Morgan fingerprint density at radius 2 is 1.88 bits per heavy atom. The lowest BCUT2D eigenvalue weighted by Gasteiger charge is -2.20. The summed E-state index contributed by atoms with van der Waals surface area (Å²) in [6.07, 6.45) is -4.66. The Balaban J connectivity index is 2.04. The number of aliphatic imine (C=N–C) groups is 1. The number of alkyl halides is 3. The van der Waals surface area contributed by atoms with E-state index < -0.39 is 17.6 Å². The summed E-state index contributed by atoms with van der Waals surface area (Å²) in [5, 5.41) is 2.33. The molecule has 0 bridgehead atoms. The van der Waals surface area contributed by atoms with Crippen LogP contribution >= 0.6 is 0 Å². The van der Waals surface area contributed by atoms with E-state index in [0.29, 0.717) is 12.3 Å². The Morgan fingerprint density at radius 1 is 1.18 bits per heavy atom. The molecule has 0 radical (unpaired) electrons. The minimum Gasteiger partial charge on any atom is -0.457 e. The van der Waals surface area contributed by atoms with Gasteiger partial charge in [0.2, 0.25) is 0 Å². The zero-order valence-electron chi connectivity index (χ0n) is 18.6. The predicted molar refractivity (Wildman–Crippen MR) is 121 cm³/mol. The summed E-state index contributed by atoms with van der Waals surface area (Å²) in [7, 11) is 1.47. The summed E-state index contributed by atoms with van der Waals surface area (Å²) < 4.78 is 47.4. The second-order valence-corrected chi connectivity index (χ2v) is 7.34. The Morgan fingerprint density at radius 3 is 2.52 bits per heavy atom. The van der Waals surface area contributed by atoms with E-state index in [1.54, 1.807) is 12.1 Å². The number of H-pyrrole nitrogens is 1. The van der Waals surface area contributed by atoms with Gasteiger partial charge in [-0.2, -0.15) is 18.2 Å². The van der Waals surface area contributed by atoms with Crippen LogP contribution in [0.2, 0.25) is 0 Å². The number of halogens is 3. The number of hydrogen-bond acceptors (Lipinski definition) is 3. The second-order valence-electron chi connectivity index (χ2n) is 7.34.